The third kappa shape index (κ3) is 5.59. The third-order valence-electron chi connectivity index (χ3n) is 3.69. The zero-order valence-corrected chi connectivity index (χ0v) is 12.2. The van der Waals surface area contributed by atoms with E-state index >= 15 is 0 Å². The van der Waals surface area contributed by atoms with Gasteiger partial charge in [-0.1, -0.05) is 13.8 Å². The maximum atomic E-state index is 11.8. The lowest BCUT2D eigenvalue weighted by Crippen LogP contribution is -2.48. The lowest BCUT2D eigenvalue weighted by atomic mass is 9.85. The average molecular weight is 269 g/mol. The molecule has 0 heterocycles. The van der Waals surface area contributed by atoms with Gasteiger partial charge in [0.25, 0.3) is 0 Å². The summed E-state index contributed by atoms with van der Waals surface area (Å²) in [6, 6.07) is 0.129. The van der Waals surface area contributed by atoms with Gasteiger partial charge in [-0.25, -0.2) is 0 Å². The number of nitrogens with one attached hydrogen (secondary N) is 2. The van der Waals surface area contributed by atoms with E-state index in [1.165, 1.54) is 0 Å². The molecular formula is C14H27N3O2. The smallest absolute Gasteiger partial charge is 0.236 e. The van der Waals surface area contributed by atoms with Crippen LogP contribution in [0.2, 0.25) is 0 Å². The number of primary amides is 1. The van der Waals surface area contributed by atoms with Gasteiger partial charge in [0.2, 0.25) is 11.8 Å². The number of nitrogens with two attached hydrogens (primary N) is 1. The minimum Gasteiger partial charge on any atom is -0.369 e. The molecule has 0 bridgehead atoms. The highest BCUT2D eigenvalue weighted by Gasteiger charge is 2.26. The molecule has 1 aliphatic carbocycles. The molecule has 1 rings (SSSR count). The van der Waals surface area contributed by atoms with Crippen molar-refractivity contribution in [2.24, 2.45) is 17.6 Å². The number of carbonyl (C=O) groups excluding carboxylic acids is 2. The summed E-state index contributed by atoms with van der Waals surface area (Å²) in [5.41, 5.74) is 5.31. The van der Waals surface area contributed by atoms with Gasteiger partial charge < -0.3 is 16.4 Å². The van der Waals surface area contributed by atoms with Crippen LogP contribution >= 0.6 is 0 Å². The Morgan fingerprint density at radius 2 is 1.74 bits per heavy atom. The molecule has 0 aromatic rings. The van der Waals surface area contributed by atoms with Crippen molar-refractivity contribution in [2.75, 3.05) is 6.54 Å². The molecule has 0 aliphatic heterocycles. The van der Waals surface area contributed by atoms with Crippen molar-refractivity contribution >= 4 is 11.8 Å². The molecule has 0 aromatic heterocycles. The predicted octanol–water partition coefficient (Wildman–Crippen LogP) is 0.781. The quantitative estimate of drug-likeness (QED) is 0.666. The normalized spacial score (nSPS) is 25.1. The summed E-state index contributed by atoms with van der Waals surface area (Å²) in [4.78, 5) is 22.9. The van der Waals surface area contributed by atoms with Crippen molar-refractivity contribution < 1.29 is 9.59 Å². The Labute approximate surface area is 115 Å². The molecule has 5 nitrogen and oxygen atoms in total. The lowest BCUT2D eigenvalue weighted by molar-refractivity contribution is -0.124. The largest absolute Gasteiger partial charge is 0.369 e. The average Bonchev–Trinajstić information content (AvgIpc) is 2.36. The Kier molecular flexibility index (Phi) is 6.28. The van der Waals surface area contributed by atoms with Crippen molar-refractivity contribution in [3.8, 4) is 0 Å². The van der Waals surface area contributed by atoms with E-state index in [1.54, 1.807) is 0 Å². The molecule has 19 heavy (non-hydrogen) atoms. The van der Waals surface area contributed by atoms with Crippen LogP contribution in [-0.4, -0.2) is 30.4 Å². The first kappa shape index (κ1) is 16.0. The maximum Gasteiger partial charge on any atom is 0.236 e. The first-order chi connectivity index (χ1) is 8.90. The molecular weight excluding hydrogens is 242 g/mol. The highest BCUT2D eigenvalue weighted by Crippen LogP contribution is 2.24. The van der Waals surface area contributed by atoms with E-state index in [9.17, 15) is 9.59 Å². The van der Waals surface area contributed by atoms with Gasteiger partial charge in [-0.2, -0.15) is 0 Å². The van der Waals surface area contributed by atoms with E-state index in [2.05, 4.69) is 24.5 Å². The molecule has 2 amide bonds. The van der Waals surface area contributed by atoms with Crippen molar-refractivity contribution in [2.45, 2.75) is 58.5 Å². The molecule has 0 spiro atoms. The van der Waals surface area contributed by atoms with Crippen LogP contribution in [0.1, 0.15) is 46.5 Å². The molecule has 1 unspecified atom stereocenters. The zero-order valence-electron chi connectivity index (χ0n) is 12.2. The highest BCUT2D eigenvalue weighted by atomic mass is 16.2. The van der Waals surface area contributed by atoms with E-state index in [4.69, 9.17) is 5.73 Å². The fourth-order valence-corrected chi connectivity index (χ4v) is 2.43. The Morgan fingerprint density at radius 1 is 1.16 bits per heavy atom. The fourth-order valence-electron chi connectivity index (χ4n) is 2.43. The number of carbonyl (C=O) groups is 2. The molecule has 110 valence electrons. The zero-order chi connectivity index (χ0) is 14.4. The summed E-state index contributed by atoms with van der Waals surface area (Å²) < 4.78 is 0. The fraction of sp³-hybridized carbons (Fsp3) is 0.857. The van der Waals surface area contributed by atoms with Crippen LogP contribution in [0.3, 0.4) is 0 Å². The monoisotopic (exact) mass is 269 g/mol. The minimum atomic E-state index is -0.193. The summed E-state index contributed by atoms with van der Waals surface area (Å²) >= 11 is 0. The molecule has 1 saturated carbocycles. The van der Waals surface area contributed by atoms with Crippen LogP contribution in [0.4, 0.5) is 0 Å². The third-order valence-corrected chi connectivity index (χ3v) is 3.69. The van der Waals surface area contributed by atoms with Crippen molar-refractivity contribution in [1.29, 1.82) is 0 Å². The molecule has 5 heteroatoms. The van der Waals surface area contributed by atoms with Gasteiger partial charge in [0, 0.05) is 18.5 Å². The maximum absolute atomic E-state index is 11.8. The number of rotatable bonds is 6. The molecule has 1 atom stereocenters. The summed E-state index contributed by atoms with van der Waals surface area (Å²) in [6.45, 7) is 6.74. The van der Waals surface area contributed by atoms with E-state index in [-0.39, 0.29) is 23.8 Å². The second kappa shape index (κ2) is 7.48. The van der Waals surface area contributed by atoms with Gasteiger partial charge in [0.1, 0.15) is 0 Å². The molecule has 0 saturated heterocycles. The Hall–Kier alpha value is -1.10. The molecule has 4 N–H and O–H groups in total. The van der Waals surface area contributed by atoms with E-state index in [0.717, 1.165) is 25.7 Å². The lowest BCUT2D eigenvalue weighted by Gasteiger charge is -2.29. The predicted molar refractivity (Wildman–Crippen MR) is 75.4 cm³/mol. The Bertz CT molecular complexity index is 310. The standard InChI is InChI=1S/C14H27N3O2/c1-9(2)8-16-14(19)10(3)17-12-6-4-11(5-7-12)13(15)18/h9-12,17H,4-8H2,1-3H3,(H2,15,18)(H,16,19). The molecule has 0 radical (unpaired) electrons. The number of amides is 2. The second-order valence-corrected chi connectivity index (χ2v) is 5.98. The first-order valence-electron chi connectivity index (χ1n) is 7.23. The van der Waals surface area contributed by atoms with Crippen LogP contribution in [0.5, 0.6) is 0 Å². The summed E-state index contributed by atoms with van der Waals surface area (Å²) in [7, 11) is 0. The van der Waals surface area contributed by atoms with E-state index in [1.807, 2.05) is 6.92 Å². The topological polar surface area (TPSA) is 84.2 Å². The Morgan fingerprint density at radius 3 is 2.21 bits per heavy atom. The summed E-state index contributed by atoms with van der Waals surface area (Å²) in [6.07, 6.45) is 3.48. The van der Waals surface area contributed by atoms with Crippen molar-refractivity contribution in [3.63, 3.8) is 0 Å². The molecule has 1 aliphatic rings. The van der Waals surface area contributed by atoms with E-state index < -0.39 is 0 Å². The Balaban J connectivity index is 2.28. The van der Waals surface area contributed by atoms with E-state index in [0.29, 0.717) is 18.5 Å². The first-order valence-corrected chi connectivity index (χ1v) is 7.23. The summed E-state index contributed by atoms with van der Waals surface area (Å²) in [5, 5.41) is 6.26. The second-order valence-electron chi connectivity index (χ2n) is 5.98. The highest BCUT2D eigenvalue weighted by molar-refractivity contribution is 5.81. The number of hydrogen-bond donors (Lipinski definition) is 3. The number of hydrogen-bond acceptors (Lipinski definition) is 3. The van der Waals surface area contributed by atoms with Crippen molar-refractivity contribution in [1.82, 2.24) is 10.6 Å². The van der Waals surface area contributed by atoms with Gasteiger partial charge in [0.15, 0.2) is 0 Å². The van der Waals surface area contributed by atoms with Crippen LogP contribution in [0.25, 0.3) is 0 Å². The molecule has 1 fully saturated rings. The van der Waals surface area contributed by atoms with Gasteiger partial charge in [-0.05, 0) is 38.5 Å². The van der Waals surface area contributed by atoms with Crippen LogP contribution in [0.15, 0.2) is 0 Å². The van der Waals surface area contributed by atoms with Crippen LogP contribution in [0, 0.1) is 11.8 Å². The van der Waals surface area contributed by atoms with Gasteiger partial charge in [-0.15, -0.1) is 0 Å². The molecule has 0 aromatic carbocycles. The summed E-state index contributed by atoms with van der Waals surface area (Å²) in [5.74, 6) is 0.331. The van der Waals surface area contributed by atoms with Crippen LogP contribution in [-0.2, 0) is 9.59 Å². The van der Waals surface area contributed by atoms with Gasteiger partial charge in [0.05, 0.1) is 6.04 Å². The SMILES string of the molecule is CC(C)CNC(=O)C(C)NC1CCC(C(N)=O)CC1. The van der Waals surface area contributed by atoms with Gasteiger partial charge >= 0.3 is 0 Å². The van der Waals surface area contributed by atoms with Crippen LogP contribution < -0.4 is 16.4 Å². The van der Waals surface area contributed by atoms with Crippen molar-refractivity contribution in [3.05, 3.63) is 0 Å². The minimum absolute atomic E-state index is 0.0168. The van der Waals surface area contributed by atoms with Gasteiger partial charge in [-0.3, -0.25) is 9.59 Å².